The van der Waals surface area contributed by atoms with E-state index in [0.29, 0.717) is 0 Å². The van der Waals surface area contributed by atoms with Crippen LogP contribution in [0.1, 0.15) is 16.7 Å². The zero-order valence-corrected chi connectivity index (χ0v) is 16.2. The predicted octanol–water partition coefficient (Wildman–Crippen LogP) is 4.47. The largest absolute Gasteiger partial charge is 0.369 e. The van der Waals surface area contributed by atoms with Crippen molar-refractivity contribution in [1.29, 1.82) is 0 Å². The van der Waals surface area contributed by atoms with Gasteiger partial charge < -0.3 is 20.6 Å². The molecule has 1 unspecified atom stereocenters. The van der Waals surface area contributed by atoms with Crippen LogP contribution in [-0.4, -0.2) is 30.3 Å². The first-order valence-corrected chi connectivity index (χ1v) is 9.46. The lowest BCUT2D eigenvalue weighted by Crippen LogP contribution is -2.16. The summed E-state index contributed by atoms with van der Waals surface area (Å²) in [6.07, 6.45) is -0.756. The first-order chi connectivity index (χ1) is 13.6. The van der Waals surface area contributed by atoms with Crippen LogP contribution in [0.2, 0.25) is 0 Å². The first-order valence-electron chi connectivity index (χ1n) is 9.46. The van der Waals surface area contributed by atoms with Crippen molar-refractivity contribution in [3.05, 3.63) is 95.6 Å². The van der Waals surface area contributed by atoms with E-state index < -0.39 is 6.23 Å². The van der Waals surface area contributed by atoms with Crippen LogP contribution in [0.5, 0.6) is 0 Å². The summed E-state index contributed by atoms with van der Waals surface area (Å²) < 4.78 is 0. The fraction of sp³-hybridized carbons (Fsp3) is 0.167. The summed E-state index contributed by atoms with van der Waals surface area (Å²) in [5, 5.41) is 17.5. The third kappa shape index (κ3) is 3.79. The highest BCUT2D eigenvalue weighted by atomic mass is 16.3. The third-order valence-corrected chi connectivity index (χ3v) is 4.84. The van der Waals surface area contributed by atoms with Crippen molar-refractivity contribution in [3.63, 3.8) is 0 Å². The van der Waals surface area contributed by atoms with E-state index in [-0.39, 0.29) is 0 Å². The lowest BCUT2D eigenvalue weighted by atomic mass is 9.99. The van der Waals surface area contributed by atoms with Crippen LogP contribution in [0.3, 0.4) is 0 Å². The van der Waals surface area contributed by atoms with E-state index in [1.807, 2.05) is 42.5 Å². The Balaban J connectivity index is 1.76. The molecule has 4 heteroatoms. The molecule has 0 saturated carbocycles. The number of anilines is 2. The fourth-order valence-corrected chi connectivity index (χ4v) is 3.58. The van der Waals surface area contributed by atoms with E-state index in [1.165, 1.54) is 5.56 Å². The van der Waals surface area contributed by atoms with E-state index in [0.717, 1.165) is 40.3 Å². The second kappa shape index (κ2) is 7.89. The van der Waals surface area contributed by atoms with E-state index >= 15 is 0 Å². The van der Waals surface area contributed by atoms with Gasteiger partial charge in [0.1, 0.15) is 0 Å². The predicted molar refractivity (Wildman–Crippen MR) is 117 cm³/mol. The van der Waals surface area contributed by atoms with Crippen molar-refractivity contribution in [2.45, 2.75) is 12.8 Å². The highest BCUT2D eigenvalue weighted by Gasteiger charge is 2.28. The molecule has 0 aromatic heterocycles. The van der Waals surface area contributed by atoms with Crippen LogP contribution in [-0.2, 0) is 6.54 Å². The standard InChI is InChI=1S/C24H25N3O/c1-27(2)16-17-12-14-19(15-13-17)25-23(18-8-4-3-5-9-18)22-20-10-6-7-11-21(20)26-24(22)28/h3-15,24-26,28H,16H2,1-2H3/b23-22-. The molecule has 1 aliphatic rings. The Morgan fingerprint density at radius 1 is 0.929 bits per heavy atom. The molecule has 0 amide bonds. The Morgan fingerprint density at radius 2 is 1.61 bits per heavy atom. The van der Waals surface area contributed by atoms with Crippen LogP contribution in [0.15, 0.2) is 78.9 Å². The molecule has 0 bridgehead atoms. The number of benzene rings is 3. The molecule has 142 valence electrons. The van der Waals surface area contributed by atoms with Crippen molar-refractivity contribution >= 4 is 22.6 Å². The van der Waals surface area contributed by atoms with Gasteiger partial charge in [0.25, 0.3) is 0 Å². The molecule has 1 aliphatic heterocycles. The maximum Gasteiger partial charge on any atom is 0.153 e. The molecule has 28 heavy (non-hydrogen) atoms. The fourth-order valence-electron chi connectivity index (χ4n) is 3.58. The van der Waals surface area contributed by atoms with Crippen molar-refractivity contribution < 1.29 is 5.11 Å². The van der Waals surface area contributed by atoms with Gasteiger partial charge in [-0.3, -0.25) is 0 Å². The number of rotatable bonds is 5. The number of aliphatic hydroxyl groups is 1. The molecule has 0 radical (unpaired) electrons. The molecular formula is C24H25N3O. The molecule has 0 aliphatic carbocycles. The average molecular weight is 371 g/mol. The summed E-state index contributed by atoms with van der Waals surface area (Å²) in [6.45, 7) is 0.906. The summed E-state index contributed by atoms with van der Waals surface area (Å²) in [7, 11) is 4.13. The number of fused-ring (bicyclic) bond motifs is 1. The van der Waals surface area contributed by atoms with Gasteiger partial charge in [-0.05, 0) is 43.4 Å². The zero-order chi connectivity index (χ0) is 19.5. The van der Waals surface area contributed by atoms with Gasteiger partial charge in [-0.15, -0.1) is 0 Å². The zero-order valence-electron chi connectivity index (χ0n) is 16.2. The minimum absolute atomic E-state index is 0.756. The van der Waals surface area contributed by atoms with Gasteiger partial charge in [0, 0.05) is 29.1 Å². The number of nitrogens with zero attached hydrogens (tertiary/aromatic N) is 1. The molecule has 0 fully saturated rings. The number of para-hydroxylation sites is 1. The van der Waals surface area contributed by atoms with Gasteiger partial charge in [0.2, 0.25) is 0 Å². The monoisotopic (exact) mass is 371 g/mol. The van der Waals surface area contributed by atoms with Crippen LogP contribution in [0, 0.1) is 0 Å². The normalized spacial score (nSPS) is 17.2. The number of hydrogen-bond acceptors (Lipinski definition) is 4. The second-order valence-corrected chi connectivity index (χ2v) is 7.31. The SMILES string of the molecule is CN(C)Cc1ccc(N/C(=C2/c3ccccc3NC2O)c2ccccc2)cc1. The Morgan fingerprint density at radius 3 is 2.32 bits per heavy atom. The minimum atomic E-state index is -0.756. The first kappa shape index (κ1) is 18.3. The van der Waals surface area contributed by atoms with E-state index in [1.54, 1.807) is 0 Å². The molecular weight excluding hydrogens is 346 g/mol. The maximum atomic E-state index is 10.7. The summed E-state index contributed by atoms with van der Waals surface area (Å²) in [4.78, 5) is 2.15. The third-order valence-electron chi connectivity index (χ3n) is 4.84. The van der Waals surface area contributed by atoms with E-state index in [4.69, 9.17) is 0 Å². The Labute approximate surface area is 166 Å². The van der Waals surface area contributed by atoms with E-state index in [9.17, 15) is 5.11 Å². The second-order valence-electron chi connectivity index (χ2n) is 7.31. The topological polar surface area (TPSA) is 47.5 Å². The van der Waals surface area contributed by atoms with Gasteiger partial charge in [0.05, 0.1) is 5.70 Å². The average Bonchev–Trinajstić information content (AvgIpc) is 3.03. The Bertz CT molecular complexity index is 978. The van der Waals surface area contributed by atoms with Crippen molar-refractivity contribution in [2.75, 3.05) is 24.7 Å². The van der Waals surface area contributed by atoms with Crippen molar-refractivity contribution in [2.24, 2.45) is 0 Å². The maximum absolute atomic E-state index is 10.7. The molecule has 1 heterocycles. The molecule has 0 saturated heterocycles. The highest BCUT2D eigenvalue weighted by molar-refractivity contribution is 6.03. The van der Waals surface area contributed by atoms with E-state index in [2.05, 4.69) is 66.0 Å². The molecule has 3 aromatic carbocycles. The Kier molecular flexibility index (Phi) is 5.15. The summed E-state index contributed by atoms with van der Waals surface area (Å²) in [5.74, 6) is 0. The quantitative estimate of drug-likeness (QED) is 0.619. The number of hydrogen-bond donors (Lipinski definition) is 3. The summed E-state index contributed by atoms with van der Waals surface area (Å²) >= 11 is 0. The number of aliphatic hydroxyl groups excluding tert-OH is 1. The van der Waals surface area contributed by atoms with Gasteiger partial charge in [-0.25, -0.2) is 0 Å². The van der Waals surface area contributed by atoms with Crippen molar-refractivity contribution in [1.82, 2.24) is 4.90 Å². The molecule has 0 spiro atoms. The van der Waals surface area contributed by atoms with Gasteiger partial charge in [0.15, 0.2) is 6.23 Å². The molecule has 4 rings (SSSR count). The van der Waals surface area contributed by atoms with Crippen molar-refractivity contribution in [3.8, 4) is 0 Å². The Hall–Kier alpha value is -3.08. The highest BCUT2D eigenvalue weighted by Crippen LogP contribution is 2.39. The smallest absolute Gasteiger partial charge is 0.153 e. The van der Waals surface area contributed by atoms with Gasteiger partial charge >= 0.3 is 0 Å². The minimum Gasteiger partial charge on any atom is -0.369 e. The lowest BCUT2D eigenvalue weighted by molar-refractivity contribution is 0.266. The van der Waals surface area contributed by atoms with Crippen LogP contribution >= 0.6 is 0 Å². The van der Waals surface area contributed by atoms with Crippen LogP contribution in [0.25, 0.3) is 11.3 Å². The summed E-state index contributed by atoms with van der Waals surface area (Å²) in [6, 6.07) is 26.6. The van der Waals surface area contributed by atoms with Crippen LogP contribution < -0.4 is 10.6 Å². The molecule has 4 nitrogen and oxygen atoms in total. The van der Waals surface area contributed by atoms with Gasteiger partial charge in [-0.1, -0.05) is 60.7 Å². The molecule has 3 N–H and O–H groups in total. The number of nitrogens with one attached hydrogen (secondary N) is 2. The molecule has 1 atom stereocenters. The summed E-state index contributed by atoms with van der Waals surface area (Å²) in [5.41, 5.74) is 7.02. The lowest BCUT2D eigenvalue weighted by Gasteiger charge is -2.18. The van der Waals surface area contributed by atoms with Gasteiger partial charge in [-0.2, -0.15) is 0 Å². The molecule has 3 aromatic rings. The van der Waals surface area contributed by atoms with Crippen LogP contribution in [0.4, 0.5) is 11.4 Å².